The molecule has 3 aromatic rings. The van der Waals surface area contributed by atoms with Crippen molar-refractivity contribution in [2.75, 3.05) is 6.61 Å². The first kappa shape index (κ1) is 26.9. The van der Waals surface area contributed by atoms with Crippen molar-refractivity contribution in [2.45, 2.75) is 71.8 Å². The number of aliphatic hydroxyl groups excluding tert-OH is 1. The van der Waals surface area contributed by atoms with Crippen LogP contribution in [0.5, 0.6) is 0 Å². The van der Waals surface area contributed by atoms with E-state index < -0.39 is 0 Å². The first-order chi connectivity index (χ1) is 18.0. The molecule has 0 amide bonds. The molecule has 3 nitrogen and oxygen atoms in total. The number of allylic oxidation sites excluding steroid dienone is 1. The van der Waals surface area contributed by atoms with E-state index in [1.54, 1.807) is 13.0 Å². The lowest BCUT2D eigenvalue weighted by molar-refractivity contribution is -0.139. The minimum atomic E-state index is -0.342. The molecule has 1 aliphatic carbocycles. The molecular weight excluding hydrogens is 456 g/mol. The van der Waals surface area contributed by atoms with Crippen molar-refractivity contribution in [3.05, 3.63) is 95.1 Å². The maximum atomic E-state index is 11.9. The van der Waals surface area contributed by atoms with Crippen LogP contribution in [0.4, 0.5) is 0 Å². The fraction of sp³-hybridized carbons (Fsp3) is 0.382. The van der Waals surface area contributed by atoms with E-state index in [2.05, 4.69) is 74.5 Å². The third-order valence-corrected chi connectivity index (χ3v) is 7.75. The Morgan fingerprint density at radius 3 is 2.30 bits per heavy atom. The van der Waals surface area contributed by atoms with Crippen molar-refractivity contribution < 1.29 is 14.6 Å². The zero-order valence-electron chi connectivity index (χ0n) is 22.5. The molecule has 0 aliphatic heterocycles. The van der Waals surface area contributed by atoms with Crippen LogP contribution in [0.3, 0.4) is 0 Å². The van der Waals surface area contributed by atoms with Gasteiger partial charge in [-0.3, -0.25) is 0 Å². The lowest BCUT2D eigenvalue weighted by atomic mass is 9.79. The Morgan fingerprint density at radius 2 is 1.62 bits per heavy atom. The minimum absolute atomic E-state index is 0.140. The molecule has 0 heterocycles. The quantitative estimate of drug-likeness (QED) is 0.240. The molecule has 3 heteroatoms. The van der Waals surface area contributed by atoms with Gasteiger partial charge in [-0.1, -0.05) is 80.4 Å². The van der Waals surface area contributed by atoms with Crippen molar-refractivity contribution in [3.8, 4) is 22.3 Å². The summed E-state index contributed by atoms with van der Waals surface area (Å²) in [6, 6.07) is 22.2. The molecule has 4 rings (SSSR count). The van der Waals surface area contributed by atoms with Gasteiger partial charge in [0, 0.05) is 12.7 Å². The molecule has 0 atom stereocenters. The number of hydrogen-bond acceptors (Lipinski definition) is 3. The standard InChI is InChI=1S/C34H40O3/c1-4-6-34(36)37-23-32-22-31(17-16-26(32)7-5-20-35)33-19-18-30(21-25(33)3)29-14-12-28(13-15-29)27-10-8-24(2)9-11-27/h4,6,12-19,21-22,24,27,35H,5,7-11,20,23H2,1-3H3/b6-4+. The molecule has 1 N–H and O–H groups in total. The van der Waals surface area contributed by atoms with E-state index in [1.807, 2.05) is 0 Å². The van der Waals surface area contributed by atoms with Gasteiger partial charge >= 0.3 is 5.97 Å². The number of ether oxygens (including phenoxy) is 1. The first-order valence-corrected chi connectivity index (χ1v) is 13.7. The monoisotopic (exact) mass is 496 g/mol. The van der Waals surface area contributed by atoms with Crippen molar-refractivity contribution in [2.24, 2.45) is 5.92 Å². The van der Waals surface area contributed by atoms with Gasteiger partial charge in [0.2, 0.25) is 0 Å². The van der Waals surface area contributed by atoms with E-state index in [9.17, 15) is 9.90 Å². The Labute approximate surface area is 222 Å². The molecule has 1 aliphatic rings. The predicted octanol–water partition coefficient (Wildman–Crippen LogP) is 8.17. The molecule has 0 spiro atoms. The molecule has 0 radical (unpaired) electrons. The van der Waals surface area contributed by atoms with Gasteiger partial charge in [-0.2, -0.15) is 0 Å². The molecule has 37 heavy (non-hydrogen) atoms. The number of carbonyl (C=O) groups is 1. The number of hydrogen-bond donors (Lipinski definition) is 1. The molecule has 0 saturated heterocycles. The second-order valence-corrected chi connectivity index (χ2v) is 10.5. The number of rotatable bonds is 9. The maximum Gasteiger partial charge on any atom is 0.330 e. The molecular formula is C34H40O3. The number of esters is 1. The van der Waals surface area contributed by atoms with Crippen LogP contribution in [0.2, 0.25) is 0 Å². The molecule has 0 unspecified atom stereocenters. The van der Waals surface area contributed by atoms with Gasteiger partial charge in [0.15, 0.2) is 0 Å². The highest BCUT2D eigenvalue weighted by molar-refractivity contribution is 5.81. The third kappa shape index (κ3) is 6.99. The predicted molar refractivity (Wildman–Crippen MR) is 152 cm³/mol. The zero-order chi connectivity index (χ0) is 26.2. The molecule has 194 valence electrons. The normalized spacial score (nSPS) is 17.7. The second kappa shape index (κ2) is 12.9. The van der Waals surface area contributed by atoms with Gasteiger partial charge in [0.1, 0.15) is 6.61 Å². The number of carbonyl (C=O) groups excluding carboxylic acids is 1. The summed E-state index contributed by atoms with van der Waals surface area (Å²) in [5.74, 6) is 1.24. The number of aliphatic hydroxyl groups is 1. The van der Waals surface area contributed by atoms with E-state index in [1.165, 1.54) is 59.6 Å². The first-order valence-electron chi connectivity index (χ1n) is 13.7. The summed E-state index contributed by atoms with van der Waals surface area (Å²) in [5, 5.41) is 9.29. The summed E-state index contributed by atoms with van der Waals surface area (Å²) >= 11 is 0. The van der Waals surface area contributed by atoms with E-state index in [4.69, 9.17) is 4.74 Å². The van der Waals surface area contributed by atoms with E-state index in [0.717, 1.165) is 29.0 Å². The molecule has 1 saturated carbocycles. The lowest BCUT2D eigenvalue weighted by Crippen LogP contribution is -2.10. The van der Waals surface area contributed by atoms with Crippen LogP contribution in [-0.4, -0.2) is 17.7 Å². The van der Waals surface area contributed by atoms with Crippen molar-refractivity contribution >= 4 is 5.97 Å². The average Bonchev–Trinajstić information content (AvgIpc) is 2.91. The largest absolute Gasteiger partial charge is 0.458 e. The van der Waals surface area contributed by atoms with Crippen LogP contribution in [0.1, 0.15) is 74.1 Å². The van der Waals surface area contributed by atoms with E-state index >= 15 is 0 Å². The Kier molecular flexibility index (Phi) is 9.35. The van der Waals surface area contributed by atoms with Crippen LogP contribution < -0.4 is 0 Å². The maximum absolute atomic E-state index is 11.9. The Hall–Kier alpha value is -3.17. The topological polar surface area (TPSA) is 46.5 Å². The fourth-order valence-corrected chi connectivity index (χ4v) is 5.48. The Bertz CT molecular complexity index is 1210. The highest BCUT2D eigenvalue weighted by Gasteiger charge is 2.19. The lowest BCUT2D eigenvalue weighted by Gasteiger charge is -2.26. The van der Waals surface area contributed by atoms with Crippen LogP contribution in [0, 0.1) is 12.8 Å². The zero-order valence-corrected chi connectivity index (χ0v) is 22.5. The van der Waals surface area contributed by atoms with Gasteiger partial charge in [-0.15, -0.1) is 0 Å². The summed E-state index contributed by atoms with van der Waals surface area (Å²) < 4.78 is 5.46. The summed E-state index contributed by atoms with van der Waals surface area (Å²) in [6.45, 7) is 6.69. The summed E-state index contributed by atoms with van der Waals surface area (Å²) in [6.07, 6.45) is 9.85. The van der Waals surface area contributed by atoms with Crippen molar-refractivity contribution in [3.63, 3.8) is 0 Å². The van der Waals surface area contributed by atoms with Gasteiger partial charge < -0.3 is 9.84 Å². The van der Waals surface area contributed by atoms with Crippen molar-refractivity contribution in [1.29, 1.82) is 0 Å². The van der Waals surface area contributed by atoms with Gasteiger partial charge in [0.25, 0.3) is 0 Å². The Balaban J connectivity index is 1.54. The summed E-state index contributed by atoms with van der Waals surface area (Å²) in [7, 11) is 0. The highest BCUT2D eigenvalue weighted by Crippen LogP contribution is 2.36. The fourth-order valence-electron chi connectivity index (χ4n) is 5.48. The second-order valence-electron chi connectivity index (χ2n) is 10.5. The van der Waals surface area contributed by atoms with E-state index in [-0.39, 0.29) is 19.2 Å². The molecule has 3 aromatic carbocycles. The number of aryl methyl sites for hydroxylation is 2. The van der Waals surface area contributed by atoms with Gasteiger partial charge in [-0.25, -0.2) is 4.79 Å². The van der Waals surface area contributed by atoms with Crippen molar-refractivity contribution in [1.82, 2.24) is 0 Å². The SMILES string of the molecule is C/C=C/C(=O)OCc1cc(-c2ccc(-c3ccc(C4CCC(C)CC4)cc3)cc2C)ccc1CCCO. The van der Waals surface area contributed by atoms with Gasteiger partial charge in [0.05, 0.1) is 0 Å². The highest BCUT2D eigenvalue weighted by atomic mass is 16.5. The molecule has 0 bridgehead atoms. The smallest absolute Gasteiger partial charge is 0.330 e. The molecule has 0 aromatic heterocycles. The number of benzene rings is 3. The Morgan fingerprint density at radius 1 is 0.919 bits per heavy atom. The average molecular weight is 497 g/mol. The summed E-state index contributed by atoms with van der Waals surface area (Å²) in [5.41, 5.74) is 9.54. The van der Waals surface area contributed by atoms with Crippen LogP contribution >= 0.6 is 0 Å². The van der Waals surface area contributed by atoms with Crippen LogP contribution in [0.15, 0.2) is 72.8 Å². The van der Waals surface area contributed by atoms with Gasteiger partial charge in [-0.05, 0) is 102 Å². The van der Waals surface area contributed by atoms with Crippen LogP contribution in [0.25, 0.3) is 22.3 Å². The van der Waals surface area contributed by atoms with Crippen LogP contribution in [-0.2, 0) is 22.6 Å². The minimum Gasteiger partial charge on any atom is -0.458 e. The van der Waals surface area contributed by atoms with E-state index in [0.29, 0.717) is 12.3 Å². The molecule has 1 fully saturated rings. The summed E-state index contributed by atoms with van der Waals surface area (Å²) in [4.78, 5) is 11.9. The third-order valence-electron chi connectivity index (χ3n) is 7.75.